The van der Waals surface area contributed by atoms with Crippen LogP contribution in [0.25, 0.3) is 0 Å². The summed E-state index contributed by atoms with van der Waals surface area (Å²) in [5.74, 6) is 0.779. The van der Waals surface area contributed by atoms with Gasteiger partial charge in [0.25, 0.3) is 0 Å². The number of nitrogens with zero attached hydrogens (tertiary/aromatic N) is 3. The van der Waals surface area contributed by atoms with Gasteiger partial charge in [-0.2, -0.15) is 5.10 Å². The minimum absolute atomic E-state index is 0.103. The third-order valence-corrected chi connectivity index (χ3v) is 2.42. The van der Waals surface area contributed by atoms with Gasteiger partial charge in [-0.3, -0.25) is 9.59 Å². The average molecular weight is 239 g/mol. The molecule has 1 aromatic heterocycles. The Hall–Kier alpha value is -1.72. The second-order valence-electron chi connectivity index (χ2n) is 4.00. The minimum Gasteiger partial charge on any atom is -0.469 e. The van der Waals surface area contributed by atoms with Crippen molar-refractivity contribution in [1.29, 1.82) is 0 Å². The Morgan fingerprint density at radius 1 is 1.41 bits per heavy atom. The molecule has 0 fully saturated rings. The molecule has 0 aliphatic carbocycles. The van der Waals surface area contributed by atoms with Gasteiger partial charge in [-0.25, -0.2) is 9.67 Å². The summed E-state index contributed by atoms with van der Waals surface area (Å²) in [5.41, 5.74) is 0. The Morgan fingerprint density at radius 2 is 2.06 bits per heavy atom. The number of aromatic nitrogens is 3. The van der Waals surface area contributed by atoms with Crippen LogP contribution in [-0.2, 0) is 14.3 Å². The van der Waals surface area contributed by atoms with Crippen molar-refractivity contribution in [2.24, 2.45) is 0 Å². The Balaban J connectivity index is 2.60. The van der Waals surface area contributed by atoms with Crippen molar-refractivity contribution >= 4 is 11.8 Å². The molecule has 0 aliphatic rings. The summed E-state index contributed by atoms with van der Waals surface area (Å²) in [6, 6.07) is -0.103. The van der Waals surface area contributed by atoms with Gasteiger partial charge in [0.1, 0.15) is 23.9 Å². The predicted octanol–water partition coefficient (Wildman–Crippen LogP) is 0.978. The number of carbonyl (C=O) groups excluding carboxylic acids is 2. The molecule has 1 heterocycles. The molecule has 6 heteroatoms. The molecule has 17 heavy (non-hydrogen) atoms. The highest BCUT2D eigenvalue weighted by Crippen LogP contribution is 2.13. The Bertz CT molecular complexity index is 426. The van der Waals surface area contributed by atoms with Gasteiger partial charge in [0.15, 0.2) is 0 Å². The number of esters is 1. The van der Waals surface area contributed by atoms with E-state index in [2.05, 4.69) is 14.8 Å². The number of hydrogen-bond donors (Lipinski definition) is 0. The lowest BCUT2D eigenvalue weighted by Crippen LogP contribution is -2.16. The van der Waals surface area contributed by atoms with Crippen molar-refractivity contribution in [2.75, 3.05) is 7.11 Å². The van der Waals surface area contributed by atoms with Gasteiger partial charge in [0.2, 0.25) is 0 Å². The number of aryl methyl sites for hydroxylation is 2. The van der Waals surface area contributed by atoms with E-state index < -0.39 is 5.97 Å². The molecule has 6 nitrogen and oxygen atoms in total. The topological polar surface area (TPSA) is 74.1 Å². The highest BCUT2D eigenvalue weighted by molar-refractivity contribution is 5.95. The van der Waals surface area contributed by atoms with Crippen molar-refractivity contribution in [3.05, 3.63) is 11.6 Å². The lowest BCUT2D eigenvalue weighted by atomic mass is 10.1. The summed E-state index contributed by atoms with van der Waals surface area (Å²) in [7, 11) is 1.27. The van der Waals surface area contributed by atoms with E-state index in [0.717, 1.165) is 5.82 Å². The molecule has 0 N–H and O–H groups in total. The lowest BCUT2D eigenvalue weighted by molar-refractivity contribution is -0.143. The number of Topliss-reactive ketones (excluding diaryl/α,β-unsaturated/α-hetero) is 1. The van der Waals surface area contributed by atoms with E-state index in [1.165, 1.54) is 7.11 Å². The summed E-state index contributed by atoms with van der Waals surface area (Å²) in [5, 5.41) is 4.20. The van der Waals surface area contributed by atoms with E-state index in [4.69, 9.17) is 0 Å². The fraction of sp³-hybridized carbons (Fsp3) is 0.636. The van der Waals surface area contributed by atoms with Gasteiger partial charge < -0.3 is 4.74 Å². The first-order valence-electron chi connectivity index (χ1n) is 5.42. The second-order valence-corrected chi connectivity index (χ2v) is 4.00. The van der Waals surface area contributed by atoms with Crippen molar-refractivity contribution < 1.29 is 14.3 Å². The van der Waals surface area contributed by atoms with Gasteiger partial charge in [0, 0.05) is 6.42 Å². The van der Waals surface area contributed by atoms with Gasteiger partial charge in [-0.1, -0.05) is 0 Å². The summed E-state index contributed by atoms with van der Waals surface area (Å²) < 4.78 is 6.14. The van der Waals surface area contributed by atoms with Gasteiger partial charge in [-0.05, 0) is 20.8 Å². The fourth-order valence-corrected chi connectivity index (χ4v) is 1.67. The fourth-order valence-electron chi connectivity index (χ4n) is 1.67. The maximum Gasteiger partial charge on any atom is 0.313 e. The number of ketones is 1. The van der Waals surface area contributed by atoms with E-state index in [1.807, 2.05) is 13.8 Å². The van der Waals surface area contributed by atoms with Crippen molar-refractivity contribution in [2.45, 2.75) is 39.7 Å². The van der Waals surface area contributed by atoms with Crippen molar-refractivity contribution in [3.8, 4) is 0 Å². The summed E-state index contributed by atoms with van der Waals surface area (Å²) in [6.45, 7) is 5.50. The van der Waals surface area contributed by atoms with Crippen molar-refractivity contribution in [1.82, 2.24) is 14.8 Å². The lowest BCUT2D eigenvalue weighted by Gasteiger charge is -2.11. The zero-order valence-corrected chi connectivity index (χ0v) is 10.6. The van der Waals surface area contributed by atoms with Crippen LogP contribution < -0.4 is 0 Å². The molecule has 1 atom stereocenters. The van der Waals surface area contributed by atoms with Crippen LogP contribution in [0.4, 0.5) is 0 Å². The zero-order valence-electron chi connectivity index (χ0n) is 10.6. The van der Waals surface area contributed by atoms with Crippen LogP contribution in [-0.4, -0.2) is 33.6 Å². The monoisotopic (exact) mass is 239 g/mol. The molecular formula is C11H17N3O3. The molecule has 0 saturated heterocycles. The Labute approximate surface area is 100.0 Å². The number of methoxy groups -OCH3 is 1. The van der Waals surface area contributed by atoms with Crippen LogP contribution in [0.2, 0.25) is 0 Å². The van der Waals surface area contributed by atoms with E-state index in [0.29, 0.717) is 5.82 Å². The second kappa shape index (κ2) is 5.56. The van der Waals surface area contributed by atoms with Crippen LogP contribution in [0.5, 0.6) is 0 Å². The molecule has 0 bridgehead atoms. The summed E-state index contributed by atoms with van der Waals surface area (Å²) in [4.78, 5) is 26.7. The number of ether oxygens (including phenoxy) is 1. The first kappa shape index (κ1) is 13.3. The first-order chi connectivity index (χ1) is 7.93. The number of rotatable bonds is 5. The highest BCUT2D eigenvalue weighted by Gasteiger charge is 2.17. The van der Waals surface area contributed by atoms with Gasteiger partial charge >= 0.3 is 5.97 Å². The molecule has 1 aromatic rings. The zero-order chi connectivity index (χ0) is 13.0. The highest BCUT2D eigenvalue weighted by atomic mass is 16.5. The molecule has 94 valence electrons. The maximum atomic E-state index is 11.6. The molecule has 0 amide bonds. The molecule has 0 radical (unpaired) electrons. The average Bonchev–Trinajstić information content (AvgIpc) is 2.57. The molecule has 0 saturated carbocycles. The molecule has 0 aliphatic heterocycles. The SMILES string of the molecule is COC(=O)CC(=O)C[C@H](C)n1nc(C)nc1C. The Morgan fingerprint density at radius 3 is 2.53 bits per heavy atom. The van der Waals surface area contributed by atoms with Gasteiger partial charge in [-0.15, -0.1) is 0 Å². The van der Waals surface area contributed by atoms with E-state index in [1.54, 1.807) is 11.6 Å². The van der Waals surface area contributed by atoms with Gasteiger partial charge in [0.05, 0.1) is 13.2 Å². The summed E-state index contributed by atoms with van der Waals surface area (Å²) in [6.07, 6.45) is 0.0618. The number of hydrogen-bond acceptors (Lipinski definition) is 5. The minimum atomic E-state index is -0.506. The summed E-state index contributed by atoms with van der Waals surface area (Å²) >= 11 is 0. The third-order valence-electron chi connectivity index (χ3n) is 2.42. The van der Waals surface area contributed by atoms with Crippen LogP contribution in [0.3, 0.4) is 0 Å². The maximum absolute atomic E-state index is 11.6. The standard InChI is InChI=1S/C11H17N3O3/c1-7(5-10(15)6-11(16)17-4)14-9(3)12-8(2)13-14/h7H,5-6H2,1-4H3/t7-/m0/s1. The first-order valence-corrected chi connectivity index (χ1v) is 5.42. The largest absolute Gasteiger partial charge is 0.469 e. The quantitative estimate of drug-likeness (QED) is 0.565. The smallest absolute Gasteiger partial charge is 0.313 e. The number of carbonyl (C=O) groups is 2. The molecule has 0 aromatic carbocycles. The van der Waals surface area contributed by atoms with E-state index in [9.17, 15) is 9.59 Å². The normalized spacial score (nSPS) is 12.2. The van der Waals surface area contributed by atoms with E-state index >= 15 is 0 Å². The molecular weight excluding hydrogens is 222 g/mol. The van der Waals surface area contributed by atoms with Crippen LogP contribution in [0.1, 0.15) is 37.5 Å². The molecule has 0 unspecified atom stereocenters. The predicted molar refractivity (Wildman–Crippen MR) is 60.5 cm³/mol. The van der Waals surface area contributed by atoms with Crippen LogP contribution in [0.15, 0.2) is 0 Å². The Kier molecular flexibility index (Phi) is 4.37. The van der Waals surface area contributed by atoms with Crippen molar-refractivity contribution in [3.63, 3.8) is 0 Å². The van der Waals surface area contributed by atoms with Crippen LogP contribution in [0, 0.1) is 13.8 Å². The van der Waals surface area contributed by atoms with Crippen LogP contribution >= 0.6 is 0 Å². The molecule has 0 spiro atoms. The third kappa shape index (κ3) is 3.65. The molecule has 1 rings (SSSR count). The van der Waals surface area contributed by atoms with E-state index in [-0.39, 0.29) is 24.7 Å².